The Balaban J connectivity index is 2.08. The van der Waals surface area contributed by atoms with Gasteiger partial charge in [-0.05, 0) is 36.1 Å². The molecule has 0 aliphatic heterocycles. The van der Waals surface area contributed by atoms with Gasteiger partial charge in [0.1, 0.15) is 5.75 Å². The minimum absolute atomic E-state index is 0.617. The molecule has 0 N–H and O–H groups in total. The van der Waals surface area contributed by atoms with Crippen LogP contribution in [0.3, 0.4) is 0 Å². The van der Waals surface area contributed by atoms with Gasteiger partial charge in [-0.2, -0.15) is 0 Å². The van der Waals surface area contributed by atoms with Crippen LogP contribution in [0.15, 0.2) is 47.5 Å². The molecule has 0 bridgehead atoms. The van der Waals surface area contributed by atoms with Crippen molar-refractivity contribution in [1.29, 1.82) is 0 Å². The number of halogens is 1. The number of benzene rings is 1. The van der Waals surface area contributed by atoms with Gasteiger partial charge in [0.2, 0.25) is 5.88 Å². The largest absolute Gasteiger partial charge is 0.439 e. The average molecular weight is 310 g/mol. The normalized spacial score (nSPS) is 10.2. The van der Waals surface area contributed by atoms with Gasteiger partial charge in [-0.15, -0.1) is 11.8 Å². The zero-order valence-corrected chi connectivity index (χ0v) is 11.8. The highest BCUT2D eigenvalue weighted by Gasteiger charge is 1.99. The van der Waals surface area contributed by atoms with E-state index in [9.17, 15) is 0 Å². The molecule has 1 aromatic carbocycles. The van der Waals surface area contributed by atoms with Crippen molar-refractivity contribution < 1.29 is 4.74 Å². The highest BCUT2D eigenvalue weighted by atomic mass is 79.9. The van der Waals surface area contributed by atoms with Crippen molar-refractivity contribution in [2.24, 2.45) is 0 Å². The van der Waals surface area contributed by atoms with Gasteiger partial charge in [-0.1, -0.05) is 22.0 Å². The second-order valence-corrected chi connectivity index (χ2v) is 4.86. The number of nitrogens with zero attached hydrogens (tertiary/aromatic N) is 1. The maximum Gasteiger partial charge on any atom is 0.219 e. The fourth-order valence-corrected chi connectivity index (χ4v) is 2.05. The van der Waals surface area contributed by atoms with Crippen LogP contribution in [0.4, 0.5) is 0 Å². The molecule has 17 heavy (non-hydrogen) atoms. The Kier molecular flexibility index (Phi) is 4.45. The van der Waals surface area contributed by atoms with Crippen molar-refractivity contribution in [3.63, 3.8) is 0 Å². The van der Waals surface area contributed by atoms with Crippen LogP contribution in [0.1, 0.15) is 5.56 Å². The summed E-state index contributed by atoms with van der Waals surface area (Å²) in [5.41, 5.74) is 1.13. The molecule has 0 saturated carbocycles. The van der Waals surface area contributed by atoms with E-state index in [1.165, 1.54) is 4.90 Å². The van der Waals surface area contributed by atoms with E-state index in [0.717, 1.165) is 16.6 Å². The Bertz CT molecular complexity index is 424. The quantitative estimate of drug-likeness (QED) is 0.613. The first-order chi connectivity index (χ1) is 8.31. The van der Waals surface area contributed by atoms with Crippen LogP contribution in [0.25, 0.3) is 0 Å². The number of thioether (sulfide) groups is 1. The molecule has 88 valence electrons. The van der Waals surface area contributed by atoms with Crippen molar-refractivity contribution in [3.05, 3.63) is 48.2 Å². The highest BCUT2D eigenvalue weighted by Crippen LogP contribution is 2.23. The topological polar surface area (TPSA) is 22.1 Å². The van der Waals surface area contributed by atoms with E-state index in [4.69, 9.17) is 4.74 Å². The van der Waals surface area contributed by atoms with E-state index in [1.807, 2.05) is 36.4 Å². The summed E-state index contributed by atoms with van der Waals surface area (Å²) >= 11 is 5.09. The first-order valence-electron chi connectivity index (χ1n) is 5.14. The van der Waals surface area contributed by atoms with Gasteiger partial charge in [0.05, 0.1) is 0 Å². The van der Waals surface area contributed by atoms with Crippen molar-refractivity contribution in [1.82, 2.24) is 4.98 Å². The van der Waals surface area contributed by atoms with Gasteiger partial charge >= 0.3 is 0 Å². The monoisotopic (exact) mass is 309 g/mol. The van der Waals surface area contributed by atoms with Crippen molar-refractivity contribution in [2.75, 3.05) is 6.26 Å². The Morgan fingerprint density at radius 3 is 2.47 bits per heavy atom. The number of hydrogen-bond acceptors (Lipinski definition) is 3. The van der Waals surface area contributed by atoms with Gasteiger partial charge in [-0.3, -0.25) is 0 Å². The molecule has 4 heteroatoms. The molecule has 0 aliphatic rings. The third kappa shape index (κ3) is 3.48. The molecule has 0 fully saturated rings. The lowest BCUT2D eigenvalue weighted by Crippen LogP contribution is -1.88. The van der Waals surface area contributed by atoms with E-state index in [0.29, 0.717) is 5.88 Å². The summed E-state index contributed by atoms with van der Waals surface area (Å²) in [4.78, 5) is 5.45. The zero-order chi connectivity index (χ0) is 12.1. The maximum absolute atomic E-state index is 5.64. The van der Waals surface area contributed by atoms with Gasteiger partial charge in [0, 0.05) is 22.5 Å². The predicted octanol–water partition coefficient (Wildman–Crippen LogP) is 4.49. The molecule has 2 aromatic rings. The standard InChI is InChI=1S/C13H12BrNOS/c1-17-12-5-3-11(4-6-12)16-13-7-2-10(8-14)9-15-13/h2-7,9H,8H2,1H3. The molecule has 0 saturated heterocycles. The fourth-order valence-electron chi connectivity index (χ4n) is 1.31. The summed E-state index contributed by atoms with van der Waals surface area (Å²) in [6.07, 6.45) is 3.86. The lowest BCUT2D eigenvalue weighted by atomic mass is 10.3. The Morgan fingerprint density at radius 2 is 1.94 bits per heavy atom. The van der Waals surface area contributed by atoms with Gasteiger partial charge in [0.25, 0.3) is 0 Å². The molecule has 2 nitrogen and oxygen atoms in total. The van der Waals surface area contributed by atoms with E-state index < -0.39 is 0 Å². The molecule has 0 spiro atoms. The molecular weight excluding hydrogens is 298 g/mol. The third-order valence-corrected chi connectivity index (χ3v) is 3.62. The molecule has 0 radical (unpaired) electrons. The number of rotatable bonds is 4. The van der Waals surface area contributed by atoms with Crippen molar-refractivity contribution >= 4 is 27.7 Å². The summed E-state index contributed by atoms with van der Waals surface area (Å²) in [6, 6.07) is 11.8. The SMILES string of the molecule is CSc1ccc(Oc2ccc(CBr)cn2)cc1. The molecule has 1 heterocycles. The first kappa shape index (κ1) is 12.5. The van der Waals surface area contributed by atoms with Gasteiger partial charge < -0.3 is 4.74 Å². The third-order valence-electron chi connectivity index (χ3n) is 2.23. The Labute approximate surface area is 114 Å². The second kappa shape index (κ2) is 6.07. The van der Waals surface area contributed by atoms with Crippen LogP contribution in [-0.4, -0.2) is 11.2 Å². The molecule has 0 atom stereocenters. The summed E-state index contributed by atoms with van der Waals surface area (Å²) in [5.74, 6) is 1.42. The Hall–Kier alpha value is -1.00. The number of pyridine rings is 1. The lowest BCUT2D eigenvalue weighted by molar-refractivity contribution is 0.462. The summed E-state index contributed by atoms with van der Waals surface area (Å²) in [5, 5.41) is 0.808. The van der Waals surface area contributed by atoms with Crippen LogP contribution in [-0.2, 0) is 5.33 Å². The summed E-state index contributed by atoms with van der Waals surface area (Å²) < 4.78 is 5.64. The van der Waals surface area contributed by atoms with Crippen LogP contribution in [0.5, 0.6) is 11.6 Å². The van der Waals surface area contributed by atoms with Crippen LogP contribution < -0.4 is 4.74 Å². The van der Waals surface area contributed by atoms with E-state index >= 15 is 0 Å². The second-order valence-electron chi connectivity index (χ2n) is 3.42. The predicted molar refractivity (Wildman–Crippen MR) is 75.2 cm³/mol. The Morgan fingerprint density at radius 1 is 1.18 bits per heavy atom. The summed E-state index contributed by atoms with van der Waals surface area (Å²) in [6.45, 7) is 0. The van der Waals surface area contributed by atoms with E-state index in [2.05, 4.69) is 27.2 Å². The maximum atomic E-state index is 5.64. The van der Waals surface area contributed by atoms with Gasteiger partial charge in [0.15, 0.2) is 0 Å². The number of hydrogen-bond donors (Lipinski definition) is 0. The van der Waals surface area contributed by atoms with Crippen molar-refractivity contribution in [2.45, 2.75) is 10.2 Å². The molecule has 2 rings (SSSR count). The smallest absolute Gasteiger partial charge is 0.219 e. The highest BCUT2D eigenvalue weighted by molar-refractivity contribution is 9.08. The lowest BCUT2D eigenvalue weighted by Gasteiger charge is -2.05. The summed E-state index contributed by atoms with van der Waals surface area (Å²) in [7, 11) is 0. The molecule has 0 amide bonds. The number of ether oxygens (including phenoxy) is 1. The minimum atomic E-state index is 0.617. The average Bonchev–Trinajstić information content (AvgIpc) is 2.40. The fraction of sp³-hybridized carbons (Fsp3) is 0.154. The van der Waals surface area contributed by atoms with E-state index in [1.54, 1.807) is 18.0 Å². The molecule has 1 aromatic heterocycles. The van der Waals surface area contributed by atoms with Crippen LogP contribution >= 0.6 is 27.7 Å². The molecular formula is C13H12BrNOS. The van der Waals surface area contributed by atoms with E-state index in [-0.39, 0.29) is 0 Å². The molecule has 0 unspecified atom stereocenters. The zero-order valence-electron chi connectivity index (χ0n) is 9.39. The first-order valence-corrected chi connectivity index (χ1v) is 7.49. The van der Waals surface area contributed by atoms with Crippen LogP contribution in [0.2, 0.25) is 0 Å². The molecule has 0 aliphatic carbocycles. The van der Waals surface area contributed by atoms with Crippen molar-refractivity contribution in [3.8, 4) is 11.6 Å². The number of alkyl halides is 1. The minimum Gasteiger partial charge on any atom is -0.439 e. The van der Waals surface area contributed by atoms with Gasteiger partial charge in [-0.25, -0.2) is 4.98 Å². The van der Waals surface area contributed by atoms with Crippen LogP contribution in [0, 0.1) is 0 Å². The number of aromatic nitrogens is 1.